The zero-order valence-corrected chi connectivity index (χ0v) is 11.6. The molecule has 5 heteroatoms. The van der Waals surface area contributed by atoms with E-state index in [0.717, 1.165) is 41.8 Å². The molecule has 96 valence electrons. The number of fused-ring (bicyclic) bond motifs is 1. The molecule has 4 nitrogen and oxygen atoms in total. The average molecular weight is 311 g/mol. The first-order valence-corrected chi connectivity index (χ1v) is 6.97. The molecule has 0 bridgehead atoms. The first-order chi connectivity index (χ1) is 8.72. The first kappa shape index (κ1) is 12.0. The third-order valence-electron chi connectivity index (χ3n) is 3.36. The summed E-state index contributed by atoms with van der Waals surface area (Å²) in [7, 11) is 0. The maximum absolute atomic E-state index is 11.7. The quantitative estimate of drug-likeness (QED) is 0.912. The minimum Gasteiger partial charge on any atom is -0.376 e. The predicted molar refractivity (Wildman–Crippen MR) is 74.0 cm³/mol. The van der Waals surface area contributed by atoms with E-state index in [4.69, 9.17) is 4.74 Å². The van der Waals surface area contributed by atoms with Gasteiger partial charge >= 0.3 is 0 Å². The molecule has 0 saturated carbocycles. The molecule has 2 heterocycles. The van der Waals surface area contributed by atoms with Crippen LogP contribution in [0.15, 0.2) is 22.7 Å². The number of nitrogens with one attached hydrogen (secondary N) is 1. The zero-order chi connectivity index (χ0) is 12.5. The monoisotopic (exact) mass is 310 g/mol. The smallest absolute Gasteiger partial charge is 0.243 e. The van der Waals surface area contributed by atoms with Gasteiger partial charge < -0.3 is 15.0 Å². The van der Waals surface area contributed by atoms with Gasteiger partial charge in [-0.15, -0.1) is 0 Å². The molecular weight excluding hydrogens is 296 g/mol. The lowest BCUT2D eigenvalue weighted by atomic mass is 10.1. The summed E-state index contributed by atoms with van der Waals surface area (Å²) in [6.07, 6.45) is 2.46. The SMILES string of the molecule is O=C1CN(CC2CCCO2)c2cc(Br)ccc2N1. The summed E-state index contributed by atoms with van der Waals surface area (Å²) in [6, 6.07) is 5.91. The molecule has 3 rings (SSSR count). The van der Waals surface area contributed by atoms with E-state index in [1.165, 1.54) is 0 Å². The van der Waals surface area contributed by atoms with Crippen LogP contribution in [0.5, 0.6) is 0 Å². The Bertz CT molecular complexity index is 472. The molecule has 2 aliphatic heterocycles. The van der Waals surface area contributed by atoms with Crippen molar-refractivity contribution in [2.24, 2.45) is 0 Å². The van der Waals surface area contributed by atoms with E-state index in [2.05, 4.69) is 26.1 Å². The van der Waals surface area contributed by atoms with Gasteiger partial charge in [0, 0.05) is 17.6 Å². The van der Waals surface area contributed by atoms with E-state index < -0.39 is 0 Å². The lowest BCUT2D eigenvalue weighted by Crippen LogP contribution is -2.42. The van der Waals surface area contributed by atoms with Crippen molar-refractivity contribution in [2.75, 3.05) is 29.9 Å². The van der Waals surface area contributed by atoms with E-state index in [0.29, 0.717) is 6.54 Å². The summed E-state index contributed by atoms with van der Waals surface area (Å²) < 4.78 is 6.67. The van der Waals surface area contributed by atoms with Crippen molar-refractivity contribution in [3.63, 3.8) is 0 Å². The van der Waals surface area contributed by atoms with Crippen LogP contribution in [0.4, 0.5) is 11.4 Å². The number of anilines is 2. The summed E-state index contributed by atoms with van der Waals surface area (Å²) in [5.74, 6) is 0.0443. The summed E-state index contributed by atoms with van der Waals surface area (Å²) >= 11 is 3.48. The van der Waals surface area contributed by atoms with E-state index in [1.54, 1.807) is 0 Å². The molecular formula is C13H15BrN2O2. The fraction of sp³-hybridized carbons (Fsp3) is 0.462. The highest BCUT2D eigenvalue weighted by Gasteiger charge is 2.26. The highest BCUT2D eigenvalue weighted by atomic mass is 79.9. The number of ether oxygens (including phenoxy) is 1. The fourth-order valence-electron chi connectivity index (χ4n) is 2.52. The molecule has 2 aliphatic rings. The minimum atomic E-state index is 0.0443. The summed E-state index contributed by atoms with van der Waals surface area (Å²) in [6.45, 7) is 2.04. The third kappa shape index (κ3) is 2.37. The second kappa shape index (κ2) is 4.90. The second-order valence-electron chi connectivity index (χ2n) is 4.73. The maximum atomic E-state index is 11.7. The molecule has 1 aromatic rings. The van der Waals surface area contributed by atoms with E-state index >= 15 is 0 Å². The molecule has 1 N–H and O–H groups in total. The van der Waals surface area contributed by atoms with Crippen LogP contribution in [-0.2, 0) is 9.53 Å². The largest absolute Gasteiger partial charge is 0.376 e. The molecule has 1 aromatic carbocycles. The zero-order valence-electron chi connectivity index (χ0n) is 9.99. The van der Waals surface area contributed by atoms with Crippen molar-refractivity contribution < 1.29 is 9.53 Å². The van der Waals surface area contributed by atoms with Crippen LogP contribution in [0.1, 0.15) is 12.8 Å². The number of amides is 1. The Labute approximate surface area is 114 Å². The molecule has 1 atom stereocenters. The van der Waals surface area contributed by atoms with Crippen LogP contribution in [0.2, 0.25) is 0 Å². The third-order valence-corrected chi connectivity index (χ3v) is 3.85. The van der Waals surface area contributed by atoms with Gasteiger partial charge in [0.05, 0.1) is 24.0 Å². The van der Waals surface area contributed by atoms with E-state index in [1.807, 2.05) is 18.2 Å². The predicted octanol–water partition coefficient (Wildman–Crippen LogP) is 2.39. The Morgan fingerprint density at radius 1 is 1.50 bits per heavy atom. The van der Waals surface area contributed by atoms with Gasteiger partial charge in [-0.05, 0) is 31.0 Å². The fourth-order valence-corrected chi connectivity index (χ4v) is 2.87. The first-order valence-electron chi connectivity index (χ1n) is 6.18. The van der Waals surface area contributed by atoms with Crippen LogP contribution in [0.25, 0.3) is 0 Å². The number of benzene rings is 1. The van der Waals surface area contributed by atoms with Crippen molar-refractivity contribution in [2.45, 2.75) is 18.9 Å². The molecule has 0 radical (unpaired) electrons. The number of carbonyl (C=O) groups excluding carboxylic acids is 1. The van der Waals surface area contributed by atoms with Crippen LogP contribution in [0, 0.1) is 0 Å². The van der Waals surface area contributed by atoms with Crippen LogP contribution < -0.4 is 10.2 Å². The molecule has 1 unspecified atom stereocenters. The Morgan fingerprint density at radius 2 is 2.39 bits per heavy atom. The lowest BCUT2D eigenvalue weighted by molar-refractivity contribution is -0.115. The number of hydrogen-bond donors (Lipinski definition) is 1. The van der Waals surface area contributed by atoms with Gasteiger partial charge in [-0.25, -0.2) is 0 Å². The van der Waals surface area contributed by atoms with Crippen LogP contribution in [-0.4, -0.2) is 31.7 Å². The van der Waals surface area contributed by atoms with Gasteiger partial charge in [0.15, 0.2) is 0 Å². The van der Waals surface area contributed by atoms with Gasteiger partial charge in [-0.2, -0.15) is 0 Å². The van der Waals surface area contributed by atoms with E-state index in [-0.39, 0.29) is 12.0 Å². The Morgan fingerprint density at radius 3 is 3.17 bits per heavy atom. The average Bonchev–Trinajstić information content (AvgIpc) is 2.83. The van der Waals surface area contributed by atoms with Crippen molar-refractivity contribution in [1.29, 1.82) is 0 Å². The number of carbonyl (C=O) groups is 1. The van der Waals surface area contributed by atoms with Crippen LogP contribution >= 0.6 is 15.9 Å². The highest BCUT2D eigenvalue weighted by molar-refractivity contribution is 9.10. The standard InChI is InChI=1S/C13H15BrN2O2/c14-9-3-4-11-12(6-9)16(8-13(17)15-11)7-10-2-1-5-18-10/h3-4,6,10H,1-2,5,7-8H2,(H,15,17). The molecule has 0 spiro atoms. The highest BCUT2D eigenvalue weighted by Crippen LogP contribution is 2.33. The van der Waals surface area contributed by atoms with Gasteiger partial charge in [-0.1, -0.05) is 15.9 Å². The normalized spacial score (nSPS) is 22.8. The minimum absolute atomic E-state index is 0.0443. The van der Waals surface area contributed by atoms with Gasteiger partial charge in [-0.3, -0.25) is 4.79 Å². The molecule has 1 fully saturated rings. The molecule has 0 aliphatic carbocycles. The Balaban J connectivity index is 1.85. The number of hydrogen-bond acceptors (Lipinski definition) is 3. The van der Waals surface area contributed by atoms with Crippen molar-refractivity contribution >= 4 is 33.2 Å². The van der Waals surface area contributed by atoms with Gasteiger partial charge in [0.25, 0.3) is 0 Å². The summed E-state index contributed by atoms with van der Waals surface area (Å²) in [4.78, 5) is 13.8. The summed E-state index contributed by atoms with van der Waals surface area (Å²) in [5, 5.41) is 2.90. The van der Waals surface area contributed by atoms with Gasteiger partial charge in [0.2, 0.25) is 5.91 Å². The van der Waals surface area contributed by atoms with Crippen molar-refractivity contribution in [1.82, 2.24) is 0 Å². The lowest BCUT2D eigenvalue weighted by Gasteiger charge is -2.32. The number of nitrogens with zero attached hydrogens (tertiary/aromatic N) is 1. The Hall–Kier alpha value is -1.07. The van der Waals surface area contributed by atoms with Crippen LogP contribution in [0.3, 0.4) is 0 Å². The van der Waals surface area contributed by atoms with E-state index in [9.17, 15) is 4.79 Å². The second-order valence-corrected chi connectivity index (χ2v) is 5.64. The van der Waals surface area contributed by atoms with Gasteiger partial charge in [0.1, 0.15) is 0 Å². The molecule has 18 heavy (non-hydrogen) atoms. The Kier molecular flexibility index (Phi) is 3.26. The molecule has 1 saturated heterocycles. The number of rotatable bonds is 2. The topological polar surface area (TPSA) is 41.6 Å². The summed E-state index contributed by atoms with van der Waals surface area (Å²) in [5.41, 5.74) is 1.95. The van der Waals surface area contributed by atoms with Crippen molar-refractivity contribution in [3.8, 4) is 0 Å². The maximum Gasteiger partial charge on any atom is 0.243 e. The molecule has 0 aromatic heterocycles. The number of halogens is 1. The molecule has 1 amide bonds. The van der Waals surface area contributed by atoms with Crippen molar-refractivity contribution in [3.05, 3.63) is 22.7 Å².